The van der Waals surface area contributed by atoms with Crippen LogP contribution in [0.4, 0.5) is 5.69 Å². The second-order valence-corrected chi connectivity index (χ2v) is 6.50. The number of non-ortho nitro benzene ring substituents is 1. The fraction of sp³-hybridized carbons (Fsp3) is 0.471. The van der Waals surface area contributed by atoms with Crippen molar-refractivity contribution in [2.75, 3.05) is 13.6 Å². The maximum Gasteiger partial charge on any atom is 0.419 e. The Morgan fingerprint density at radius 2 is 2.07 bits per heavy atom. The lowest BCUT2D eigenvalue weighted by Crippen LogP contribution is -2.40. The second kappa shape index (κ2) is 8.47. The summed E-state index contributed by atoms with van der Waals surface area (Å²) in [6, 6.07) is 3.93. The molecule has 0 radical (unpaired) electrons. The molecule has 1 aromatic heterocycles. The summed E-state index contributed by atoms with van der Waals surface area (Å²) in [7, 11) is 1.54. The molecule has 0 aliphatic heterocycles. The number of hydrogen-bond acceptors (Lipinski definition) is 6. The zero-order valence-corrected chi connectivity index (χ0v) is 15.4. The number of fused-ring (bicyclic) bond motifs is 1. The van der Waals surface area contributed by atoms with E-state index in [1.54, 1.807) is 7.05 Å². The highest BCUT2D eigenvalue weighted by Gasteiger charge is 2.16. The van der Waals surface area contributed by atoms with E-state index >= 15 is 0 Å². The predicted molar refractivity (Wildman–Crippen MR) is 97.3 cm³/mol. The van der Waals surface area contributed by atoms with Crippen molar-refractivity contribution in [2.45, 2.75) is 39.3 Å². The number of aromatic nitrogens is 1. The molecule has 0 bridgehead atoms. The minimum Gasteiger partial charge on any atom is -0.407 e. The van der Waals surface area contributed by atoms with E-state index in [1.807, 2.05) is 13.8 Å². The number of nitrogens with one attached hydrogen (secondary N) is 1. The summed E-state index contributed by atoms with van der Waals surface area (Å²) >= 11 is 0. The summed E-state index contributed by atoms with van der Waals surface area (Å²) in [4.78, 5) is 47.3. The SMILES string of the molecule is CC(C)NC(=O)CN(C)C(=O)CCCn1c(=O)oc2cc([N+](=O)[O-])ccc21. The topological polar surface area (TPSA) is 128 Å². The van der Waals surface area contributed by atoms with Crippen LogP contribution in [0.1, 0.15) is 26.7 Å². The first-order valence-electron chi connectivity index (χ1n) is 8.50. The van der Waals surface area contributed by atoms with Gasteiger partial charge in [-0.05, 0) is 26.3 Å². The van der Waals surface area contributed by atoms with Gasteiger partial charge >= 0.3 is 5.76 Å². The molecule has 0 saturated heterocycles. The Bertz CT molecular complexity index is 914. The van der Waals surface area contributed by atoms with Crippen LogP contribution in [-0.2, 0) is 16.1 Å². The summed E-state index contributed by atoms with van der Waals surface area (Å²) in [5.41, 5.74) is 0.394. The van der Waals surface area contributed by atoms with E-state index in [0.717, 1.165) is 0 Å². The van der Waals surface area contributed by atoms with Gasteiger partial charge in [-0.15, -0.1) is 0 Å². The van der Waals surface area contributed by atoms with Gasteiger partial charge in [0.05, 0.1) is 23.1 Å². The number of benzene rings is 1. The molecule has 10 nitrogen and oxygen atoms in total. The van der Waals surface area contributed by atoms with Crippen molar-refractivity contribution >= 4 is 28.6 Å². The molecule has 2 aromatic rings. The molecule has 2 amide bonds. The van der Waals surface area contributed by atoms with Crippen molar-refractivity contribution in [1.29, 1.82) is 0 Å². The molecule has 0 aliphatic rings. The van der Waals surface area contributed by atoms with Crippen LogP contribution in [-0.4, -0.2) is 45.8 Å². The first kappa shape index (κ1) is 20.1. The lowest BCUT2D eigenvalue weighted by atomic mass is 10.2. The molecule has 1 aromatic carbocycles. The van der Waals surface area contributed by atoms with Crippen molar-refractivity contribution in [2.24, 2.45) is 0 Å². The second-order valence-electron chi connectivity index (χ2n) is 6.50. The van der Waals surface area contributed by atoms with Crippen LogP contribution in [0.25, 0.3) is 11.1 Å². The number of nitro groups is 1. The van der Waals surface area contributed by atoms with Crippen molar-refractivity contribution in [1.82, 2.24) is 14.8 Å². The first-order valence-corrected chi connectivity index (χ1v) is 8.50. The highest BCUT2D eigenvalue weighted by molar-refractivity contribution is 5.84. The van der Waals surface area contributed by atoms with Crippen molar-refractivity contribution < 1.29 is 18.9 Å². The summed E-state index contributed by atoms with van der Waals surface area (Å²) in [6.45, 7) is 3.86. The van der Waals surface area contributed by atoms with Gasteiger partial charge in [-0.3, -0.25) is 24.3 Å². The Labute approximate surface area is 154 Å². The number of nitrogens with zero attached hydrogens (tertiary/aromatic N) is 3. The minimum absolute atomic E-state index is 0.00178. The molecule has 0 saturated carbocycles. The fourth-order valence-corrected chi connectivity index (χ4v) is 2.63. The average Bonchev–Trinajstić information content (AvgIpc) is 2.88. The summed E-state index contributed by atoms with van der Waals surface area (Å²) in [5.74, 6) is -1.09. The van der Waals surface area contributed by atoms with Crippen molar-refractivity contribution in [3.63, 3.8) is 0 Å². The molecule has 2 rings (SSSR count). The number of rotatable bonds is 8. The third kappa shape index (κ3) is 5.16. The van der Waals surface area contributed by atoms with Gasteiger partial charge in [-0.2, -0.15) is 0 Å². The van der Waals surface area contributed by atoms with Crippen LogP contribution >= 0.6 is 0 Å². The lowest BCUT2D eigenvalue weighted by Gasteiger charge is -2.17. The van der Waals surface area contributed by atoms with Gasteiger partial charge in [-0.25, -0.2) is 4.79 Å². The smallest absolute Gasteiger partial charge is 0.407 e. The van der Waals surface area contributed by atoms with Gasteiger partial charge in [0.1, 0.15) is 0 Å². The summed E-state index contributed by atoms with van der Waals surface area (Å²) < 4.78 is 6.37. The predicted octanol–water partition coefficient (Wildman–Crippen LogP) is 1.27. The Kier molecular flexibility index (Phi) is 6.32. The zero-order valence-electron chi connectivity index (χ0n) is 15.4. The molecule has 1 heterocycles. The number of aryl methyl sites for hydroxylation is 1. The number of hydrogen-bond donors (Lipinski definition) is 1. The monoisotopic (exact) mass is 378 g/mol. The number of likely N-dealkylation sites (N-methyl/N-ethyl adjacent to an activating group) is 1. The molecule has 0 fully saturated rings. The largest absolute Gasteiger partial charge is 0.419 e. The summed E-state index contributed by atoms with van der Waals surface area (Å²) in [5, 5.41) is 13.5. The third-order valence-corrected chi connectivity index (χ3v) is 3.89. The Morgan fingerprint density at radius 3 is 2.70 bits per heavy atom. The molecular formula is C17H22N4O6. The van der Waals surface area contributed by atoms with Gasteiger partial charge in [-0.1, -0.05) is 0 Å². The van der Waals surface area contributed by atoms with Gasteiger partial charge in [0, 0.05) is 32.1 Å². The Morgan fingerprint density at radius 1 is 1.37 bits per heavy atom. The van der Waals surface area contributed by atoms with E-state index in [-0.39, 0.29) is 48.6 Å². The highest BCUT2D eigenvalue weighted by Crippen LogP contribution is 2.20. The van der Waals surface area contributed by atoms with Gasteiger partial charge in [0.15, 0.2) is 5.58 Å². The number of oxazole rings is 1. The molecule has 0 unspecified atom stereocenters. The molecule has 146 valence electrons. The van der Waals surface area contributed by atoms with Crippen LogP contribution in [0.15, 0.2) is 27.4 Å². The van der Waals surface area contributed by atoms with E-state index in [0.29, 0.717) is 11.9 Å². The molecule has 0 spiro atoms. The zero-order chi connectivity index (χ0) is 20.1. The first-order chi connectivity index (χ1) is 12.7. The molecule has 27 heavy (non-hydrogen) atoms. The fourth-order valence-electron chi connectivity index (χ4n) is 2.63. The maximum atomic E-state index is 12.1. The normalized spacial score (nSPS) is 11.0. The van der Waals surface area contributed by atoms with Crippen LogP contribution in [0.3, 0.4) is 0 Å². The van der Waals surface area contributed by atoms with Crippen LogP contribution in [0.5, 0.6) is 0 Å². The van der Waals surface area contributed by atoms with Gasteiger partial charge in [0.25, 0.3) is 5.69 Å². The van der Waals surface area contributed by atoms with E-state index < -0.39 is 10.7 Å². The number of nitro benzene ring substituents is 1. The molecule has 1 N–H and O–H groups in total. The van der Waals surface area contributed by atoms with Crippen LogP contribution < -0.4 is 11.1 Å². The van der Waals surface area contributed by atoms with Gasteiger partial charge < -0.3 is 14.6 Å². The van der Waals surface area contributed by atoms with Crippen molar-refractivity contribution in [3.8, 4) is 0 Å². The minimum atomic E-state index is -0.636. The molecular weight excluding hydrogens is 356 g/mol. The van der Waals surface area contributed by atoms with Gasteiger partial charge in [0.2, 0.25) is 11.8 Å². The van der Waals surface area contributed by atoms with E-state index in [2.05, 4.69) is 5.32 Å². The van der Waals surface area contributed by atoms with E-state index in [4.69, 9.17) is 4.42 Å². The number of carbonyl (C=O) groups is 2. The molecule has 10 heteroatoms. The Balaban J connectivity index is 1.96. The Hall–Kier alpha value is -3.17. The third-order valence-electron chi connectivity index (χ3n) is 3.89. The quantitative estimate of drug-likeness (QED) is 0.544. The van der Waals surface area contributed by atoms with Crippen LogP contribution in [0.2, 0.25) is 0 Å². The van der Waals surface area contributed by atoms with Crippen LogP contribution in [0, 0.1) is 10.1 Å². The van der Waals surface area contributed by atoms with Crippen molar-refractivity contribution in [3.05, 3.63) is 38.9 Å². The maximum absolute atomic E-state index is 12.1. The number of amides is 2. The molecule has 0 aliphatic carbocycles. The molecule has 0 atom stereocenters. The van der Waals surface area contributed by atoms with E-state index in [9.17, 15) is 24.5 Å². The lowest BCUT2D eigenvalue weighted by molar-refractivity contribution is -0.384. The standard InChI is InChI=1S/C17H22N4O6/c1-11(2)18-15(22)10-19(3)16(23)5-4-8-20-13-7-6-12(21(25)26)9-14(13)27-17(20)24/h6-7,9,11H,4-5,8,10H2,1-3H3,(H,18,22). The summed E-state index contributed by atoms with van der Waals surface area (Å²) in [6.07, 6.45) is 0.512. The average molecular weight is 378 g/mol. The van der Waals surface area contributed by atoms with E-state index in [1.165, 1.54) is 27.7 Å². The highest BCUT2D eigenvalue weighted by atomic mass is 16.6. The number of carbonyl (C=O) groups excluding carboxylic acids is 2.